The molecule has 0 saturated carbocycles. The number of amides is 1. The van der Waals surface area contributed by atoms with Gasteiger partial charge in [-0.05, 0) is 31.0 Å². The van der Waals surface area contributed by atoms with E-state index < -0.39 is 11.9 Å². The van der Waals surface area contributed by atoms with E-state index in [1.807, 2.05) is 23.6 Å². The Hall–Kier alpha value is -2.61. The van der Waals surface area contributed by atoms with Crippen molar-refractivity contribution in [2.24, 2.45) is 5.92 Å². The fourth-order valence-corrected chi connectivity index (χ4v) is 4.04. The zero-order valence-corrected chi connectivity index (χ0v) is 14.8. The second-order valence-corrected chi connectivity index (χ2v) is 7.26. The summed E-state index contributed by atoms with van der Waals surface area (Å²) in [6.45, 7) is 1.12. The maximum Gasteiger partial charge on any atom is 0.308 e. The lowest BCUT2D eigenvalue weighted by atomic mass is 9.98. The smallest absolute Gasteiger partial charge is 0.308 e. The van der Waals surface area contributed by atoms with Crippen molar-refractivity contribution in [3.63, 3.8) is 0 Å². The zero-order chi connectivity index (χ0) is 18.1. The Morgan fingerprint density at radius 3 is 3.00 bits per heavy atom. The minimum Gasteiger partial charge on any atom is -0.481 e. The van der Waals surface area contributed by atoms with Crippen molar-refractivity contribution in [3.05, 3.63) is 29.3 Å². The topological polar surface area (TPSA) is 89.0 Å². The summed E-state index contributed by atoms with van der Waals surface area (Å²) in [5, 5.41) is 11.8. The number of aromatic nitrogens is 1. The number of thiazole rings is 1. The van der Waals surface area contributed by atoms with Crippen LogP contribution in [0.1, 0.15) is 18.5 Å². The van der Waals surface area contributed by atoms with Crippen molar-refractivity contribution in [3.8, 4) is 22.1 Å². The van der Waals surface area contributed by atoms with Gasteiger partial charge in [0.05, 0.1) is 18.0 Å². The summed E-state index contributed by atoms with van der Waals surface area (Å²) in [6, 6.07) is 5.65. The van der Waals surface area contributed by atoms with Gasteiger partial charge in [-0.15, -0.1) is 11.3 Å². The number of carboxylic acid groups (broad SMARTS) is 1. The third kappa shape index (κ3) is 3.37. The van der Waals surface area contributed by atoms with E-state index in [0.717, 1.165) is 22.7 Å². The van der Waals surface area contributed by atoms with Crippen LogP contribution in [-0.2, 0) is 16.0 Å². The number of piperidine rings is 1. The highest BCUT2D eigenvalue weighted by molar-refractivity contribution is 7.13. The van der Waals surface area contributed by atoms with Crippen LogP contribution in [0.25, 0.3) is 10.6 Å². The number of rotatable bonds is 4. The molecule has 2 aliphatic heterocycles. The van der Waals surface area contributed by atoms with Gasteiger partial charge in [0, 0.05) is 24.0 Å². The number of nitrogens with zero attached hydrogens (tertiary/aromatic N) is 2. The molecule has 1 atom stereocenters. The lowest BCUT2D eigenvalue weighted by Gasteiger charge is -2.30. The maximum absolute atomic E-state index is 12.5. The van der Waals surface area contributed by atoms with E-state index in [2.05, 4.69) is 4.98 Å². The molecule has 1 saturated heterocycles. The van der Waals surface area contributed by atoms with Crippen molar-refractivity contribution >= 4 is 23.2 Å². The van der Waals surface area contributed by atoms with Gasteiger partial charge in [0.2, 0.25) is 12.7 Å². The van der Waals surface area contributed by atoms with Gasteiger partial charge in [0.15, 0.2) is 11.5 Å². The molecule has 1 fully saturated rings. The van der Waals surface area contributed by atoms with Crippen LogP contribution in [0, 0.1) is 5.92 Å². The molecule has 7 nitrogen and oxygen atoms in total. The molecule has 1 amide bonds. The second-order valence-electron chi connectivity index (χ2n) is 6.41. The largest absolute Gasteiger partial charge is 0.481 e. The first-order valence-corrected chi connectivity index (χ1v) is 9.33. The predicted molar refractivity (Wildman–Crippen MR) is 94.3 cm³/mol. The molecule has 2 aliphatic rings. The minimum atomic E-state index is -0.832. The molecule has 1 aromatic heterocycles. The number of likely N-dealkylation sites (tertiary alicyclic amines) is 1. The Kier molecular flexibility index (Phi) is 4.50. The first-order valence-electron chi connectivity index (χ1n) is 8.45. The molecule has 26 heavy (non-hydrogen) atoms. The van der Waals surface area contributed by atoms with Crippen LogP contribution in [0.15, 0.2) is 23.6 Å². The minimum absolute atomic E-state index is 0.0708. The average Bonchev–Trinajstić information content (AvgIpc) is 3.30. The first-order chi connectivity index (χ1) is 12.6. The van der Waals surface area contributed by atoms with Gasteiger partial charge in [-0.3, -0.25) is 9.59 Å². The lowest BCUT2D eigenvalue weighted by molar-refractivity contribution is -0.145. The van der Waals surface area contributed by atoms with Gasteiger partial charge in [0.1, 0.15) is 5.01 Å². The highest BCUT2D eigenvalue weighted by Gasteiger charge is 2.28. The SMILES string of the molecule is O=C(O)[C@H]1CCCN(C(=O)Cc2csc(-c3ccc4c(c3)OCO4)n2)C1. The Morgan fingerprint density at radius 1 is 1.31 bits per heavy atom. The van der Waals surface area contributed by atoms with Crippen LogP contribution in [0.2, 0.25) is 0 Å². The molecular formula is C18H18N2O5S. The number of hydrogen-bond acceptors (Lipinski definition) is 6. The van der Waals surface area contributed by atoms with E-state index in [4.69, 9.17) is 14.6 Å². The molecule has 1 N–H and O–H groups in total. The molecule has 1 aromatic carbocycles. The number of carbonyl (C=O) groups is 2. The van der Waals surface area contributed by atoms with Crippen molar-refractivity contribution in [2.45, 2.75) is 19.3 Å². The standard InChI is InChI=1S/C18H18N2O5S/c21-16(20-5-1-2-12(8-20)18(22)23)7-13-9-26-17(19-13)11-3-4-14-15(6-11)25-10-24-14/h3-4,6,9,12H,1-2,5,7-8,10H2,(H,22,23)/t12-/m0/s1. The van der Waals surface area contributed by atoms with Crippen LogP contribution in [-0.4, -0.2) is 46.7 Å². The molecule has 0 aliphatic carbocycles. The summed E-state index contributed by atoms with van der Waals surface area (Å²) in [4.78, 5) is 29.8. The molecule has 0 bridgehead atoms. The normalized spacial score (nSPS) is 18.8. The van der Waals surface area contributed by atoms with Crippen molar-refractivity contribution < 1.29 is 24.2 Å². The summed E-state index contributed by atoms with van der Waals surface area (Å²) < 4.78 is 10.7. The van der Waals surface area contributed by atoms with E-state index in [0.29, 0.717) is 24.4 Å². The first kappa shape index (κ1) is 16.8. The van der Waals surface area contributed by atoms with Crippen LogP contribution in [0.3, 0.4) is 0 Å². The summed E-state index contributed by atoms with van der Waals surface area (Å²) in [5.41, 5.74) is 1.62. The van der Waals surface area contributed by atoms with Gasteiger partial charge < -0.3 is 19.5 Å². The van der Waals surface area contributed by atoms with Crippen molar-refractivity contribution in [1.29, 1.82) is 0 Å². The number of benzene rings is 1. The Morgan fingerprint density at radius 2 is 2.15 bits per heavy atom. The molecule has 4 rings (SSSR count). The number of aliphatic carboxylic acids is 1. The lowest BCUT2D eigenvalue weighted by Crippen LogP contribution is -2.43. The third-order valence-corrected chi connectivity index (χ3v) is 5.57. The Bertz CT molecular complexity index is 850. The highest BCUT2D eigenvalue weighted by atomic mass is 32.1. The van der Waals surface area contributed by atoms with E-state index in [9.17, 15) is 9.59 Å². The maximum atomic E-state index is 12.5. The van der Waals surface area contributed by atoms with Gasteiger partial charge in [0.25, 0.3) is 0 Å². The number of carbonyl (C=O) groups excluding carboxylic acids is 1. The summed E-state index contributed by atoms with van der Waals surface area (Å²) in [7, 11) is 0. The third-order valence-electron chi connectivity index (χ3n) is 4.63. The highest BCUT2D eigenvalue weighted by Crippen LogP contribution is 2.36. The van der Waals surface area contributed by atoms with E-state index in [1.54, 1.807) is 4.90 Å². The number of fused-ring (bicyclic) bond motifs is 1. The fraction of sp³-hybridized carbons (Fsp3) is 0.389. The van der Waals surface area contributed by atoms with Crippen molar-refractivity contribution in [2.75, 3.05) is 19.9 Å². The monoisotopic (exact) mass is 374 g/mol. The van der Waals surface area contributed by atoms with Gasteiger partial charge in [-0.25, -0.2) is 4.98 Å². The van der Waals surface area contributed by atoms with E-state index >= 15 is 0 Å². The quantitative estimate of drug-likeness (QED) is 0.884. The van der Waals surface area contributed by atoms with Gasteiger partial charge >= 0.3 is 5.97 Å². The van der Waals surface area contributed by atoms with Gasteiger partial charge in [-0.1, -0.05) is 0 Å². The Balaban J connectivity index is 1.43. The van der Waals surface area contributed by atoms with E-state index in [-0.39, 0.29) is 25.7 Å². The summed E-state index contributed by atoms with van der Waals surface area (Å²) in [5.74, 6) is 0.0502. The number of carboxylic acids is 1. The predicted octanol–water partition coefficient (Wildman–Crippen LogP) is 2.40. The molecule has 3 heterocycles. The molecule has 0 radical (unpaired) electrons. The molecular weight excluding hydrogens is 356 g/mol. The Labute approximate surface area is 154 Å². The van der Waals surface area contributed by atoms with Gasteiger partial charge in [-0.2, -0.15) is 0 Å². The van der Waals surface area contributed by atoms with Crippen LogP contribution in [0.5, 0.6) is 11.5 Å². The van der Waals surface area contributed by atoms with Crippen LogP contribution < -0.4 is 9.47 Å². The molecule has 2 aromatic rings. The van der Waals surface area contributed by atoms with Crippen LogP contribution >= 0.6 is 11.3 Å². The zero-order valence-electron chi connectivity index (χ0n) is 14.0. The van der Waals surface area contributed by atoms with Crippen molar-refractivity contribution in [1.82, 2.24) is 9.88 Å². The second kappa shape index (κ2) is 6.95. The van der Waals surface area contributed by atoms with Crippen LogP contribution in [0.4, 0.5) is 0 Å². The molecule has 0 spiro atoms. The summed E-state index contributed by atoms with van der Waals surface area (Å²) >= 11 is 1.47. The molecule has 0 unspecified atom stereocenters. The average molecular weight is 374 g/mol. The number of hydrogen-bond donors (Lipinski definition) is 1. The van der Waals surface area contributed by atoms with E-state index in [1.165, 1.54) is 11.3 Å². The fourth-order valence-electron chi connectivity index (χ4n) is 3.22. The molecule has 136 valence electrons. The number of ether oxygens (including phenoxy) is 2. The molecule has 8 heteroatoms. The summed E-state index contributed by atoms with van der Waals surface area (Å²) in [6.07, 6.45) is 1.54.